The number of aliphatic hydroxyl groups is 1. The fraction of sp³-hybridized carbons (Fsp3) is 0.235. The molecule has 4 nitrogen and oxygen atoms in total. The summed E-state index contributed by atoms with van der Waals surface area (Å²) in [6.07, 6.45) is 3.79. The van der Waals surface area contributed by atoms with Crippen LogP contribution in [0, 0.1) is 0 Å². The molecule has 21 heavy (non-hydrogen) atoms. The first-order chi connectivity index (χ1) is 10.4. The maximum Gasteiger partial charge on any atom is 0.140 e. The van der Waals surface area contributed by atoms with Crippen molar-refractivity contribution in [3.05, 3.63) is 59.9 Å². The molecular weight excluding hydrogens is 264 g/mol. The van der Waals surface area contributed by atoms with Gasteiger partial charge in [-0.25, -0.2) is 4.98 Å². The molecule has 0 amide bonds. The van der Waals surface area contributed by atoms with E-state index < -0.39 is 0 Å². The minimum absolute atomic E-state index is 0.0347. The highest BCUT2D eigenvalue weighted by Gasteiger charge is 2.24. The molecule has 4 heteroatoms. The molecule has 1 aliphatic rings. The first-order valence-electron chi connectivity index (χ1n) is 7.12. The minimum Gasteiger partial charge on any atom is -0.493 e. The Bertz CT molecular complexity index is 794. The molecule has 1 atom stereocenters. The molecule has 0 saturated carbocycles. The van der Waals surface area contributed by atoms with Crippen molar-refractivity contribution < 1.29 is 9.84 Å². The van der Waals surface area contributed by atoms with Gasteiger partial charge in [-0.2, -0.15) is 0 Å². The van der Waals surface area contributed by atoms with Crippen LogP contribution in [0.1, 0.15) is 17.0 Å². The average Bonchev–Trinajstić information content (AvgIpc) is 3.10. The lowest BCUT2D eigenvalue weighted by Crippen LogP contribution is -2.10. The standard InChI is InChI=1S/C17H16N2O2/c20-10-12-8-19(17-15(12)5-3-7-18-17)9-13-11-21-16-6-2-1-4-14(13)16/h1-8,13,20H,9-11H2. The highest BCUT2D eigenvalue weighted by Crippen LogP contribution is 2.35. The quantitative estimate of drug-likeness (QED) is 0.802. The number of para-hydroxylation sites is 1. The Morgan fingerprint density at radius 3 is 3.05 bits per heavy atom. The maximum absolute atomic E-state index is 9.50. The second-order valence-corrected chi connectivity index (χ2v) is 5.39. The smallest absolute Gasteiger partial charge is 0.140 e. The van der Waals surface area contributed by atoms with Crippen LogP contribution in [0.5, 0.6) is 5.75 Å². The number of aromatic nitrogens is 2. The number of ether oxygens (including phenoxy) is 1. The van der Waals surface area contributed by atoms with Crippen LogP contribution >= 0.6 is 0 Å². The van der Waals surface area contributed by atoms with E-state index >= 15 is 0 Å². The number of benzene rings is 1. The molecule has 3 heterocycles. The molecule has 2 aromatic heterocycles. The van der Waals surface area contributed by atoms with E-state index in [9.17, 15) is 5.11 Å². The van der Waals surface area contributed by atoms with E-state index in [0.29, 0.717) is 12.5 Å². The summed E-state index contributed by atoms with van der Waals surface area (Å²) in [5.41, 5.74) is 3.09. The summed E-state index contributed by atoms with van der Waals surface area (Å²) in [5, 5.41) is 10.5. The topological polar surface area (TPSA) is 47.3 Å². The normalized spacial score (nSPS) is 16.9. The maximum atomic E-state index is 9.50. The Morgan fingerprint density at radius 2 is 2.14 bits per heavy atom. The van der Waals surface area contributed by atoms with Gasteiger partial charge in [0.25, 0.3) is 0 Å². The van der Waals surface area contributed by atoms with Gasteiger partial charge < -0.3 is 14.4 Å². The van der Waals surface area contributed by atoms with Crippen molar-refractivity contribution in [1.82, 2.24) is 9.55 Å². The van der Waals surface area contributed by atoms with Gasteiger partial charge in [-0.05, 0) is 18.2 Å². The molecule has 0 saturated heterocycles. The second-order valence-electron chi connectivity index (χ2n) is 5.39. The van der Waals surface area contributed by atoms with Crippen molar-refractivity contribution in [3.8, 4) is 5.75 Å². The number of fused-ring (bicyclic) bond motifs is 2. The molecular formula is C17H16N2O2. The number of aliphatic hydroxyl groups excluding tert-OH is 1. The largest absolute Gasteiger partial charge is 0.493 e. The monoisotopic (exact) mass is 280 g/mol. The first-order valence-corrected chi connectivity index (χ1v) is 7.12. The third kappa shape index (κ3) is 1.99. The van der Waals surface area contributed by atoms with Crippen LogP contribution < -0.4 is 4.74 Å². The van der Waals surface area contributed by atoms with Crippen molar-refractivity contribution in [1.29, 1.82) is 0 Å². The zero-order chi connectivity index (χ0) is 14.2. The Labute approximate surface area is 122 Å². The Morgan fingerprint density at radius 1 is 1.24 bits per heavy atom. The lowest BCUT2D eigenvalue weighted by molar-refractivity contribution is 0.282. The summed E-state index contributed by atoms with van der Waals surface area (Å²) in [5.74, 6) is 1.31. The molecule has 0 radical (unpaired) electrons. The molecule has 0 fully saturated rings. The number of hydrogen-bond donors (Lipinski definition) is 1. The molecule has 106 valence electrons. The number of pyridine rings is 1. The zero-order valence-electron chi connectivity index (χ0n) is 11.6. The molecule has 0 spiro atoms. The van der Waals surface area contributed by atoms with E-state index in [0.717, 1.165) is 28.9 Å². The predicted molar refractivity (Wildman–Crippen MR) is 80.3 cm³/mol. The lowest BCUT2D eigenvalue weighted by atomic mass is 10.0. The molecule has 1 aromatic carbocycles. The third-order valence-corrected chi connectivity index (χ3v) is 4.10. The predicted octanol–water partition coefficient (Wildman–Crippen LogP) is 2.70. The highest BCUT2D eigenvalue weighted by atomic mass is 16.5. The number of rotatable bonds is 3. The van der Waals surface area contributed by atoms with Gasteiger partial charge in [0.05, 0.1) is 13.2 Å². The Hall–Kier alpha value is -2.33. The van der Waals surface area contributed by atoms with Gasteiger partial charge in [-0.15, -0.1) is 0 Å². The van der Waals surface area contributed by atoms with Gasteiger partial charge in [0.1, 0.15) is 11.4 Å². The molecule has 3 aromatic rings. The van der Waals surface area contributed by atoms with Crippen LogP contribution in [-0.2, 0) is 13.2 Å². The molecule has 1 aliphatic heterocycles. The summed E-state index contributed by atoms with van der Waals surface area (Å²) < 4.78 is 7.87. The first kappa shape index (κ1) is 12.4. The summed E-state index contributed by atoms with van der Waals surface area (Å²) in [6, 6.07) is 12.1. The van der Waals surface area contributed by atoms with E-state index in [2.05, 4.69) is 15.6 Å². The van der Waals surface area contributed by atoms with E-state index in [1.807, 2.05) is 36.5 Å². The van der Waals surface area contributed by atoms with Crippen LogP contribution in [0.3, 0.4) is 0 Å². The van der Waals surface area contributed by atoms with Gasteiger partial charge in [-0.3, -0.25) is 0 Å². The van der Waals surface area contributed by atoms with E-state index in [-0.39, 0.29) is 6.61 Å². The van der Waals surface area contributed by atoms with Crippen LogP contribution in [0.4, 0.5) is 0 Å². The fourth-order valence-corrected chi connectivity index (χ4v) is 3.08. The molecule has 4 rings (SSSR count). The molecule has 1 N–H and O–H groups in total. The van der Waals surface area contributed by atoms with Crippen LogP contribution in [-0.4, -0.2) is 21.3 Å². The molecule has 0 bridgehead atoms. The summed E-state index contributed by atoms with van der Waals surface area (Å²) >= 11 is 0. The fourth-order valence-electron chi connectivity index (χ4n) is 3.08. The van der Waals surface area contributed by atoms with E-state index in [1.165, 1.54) is 5.56 Å². The van der Waals surface area contributed by atoms with E-state index in [1.54, 1.807) is 6.20 Å². The SMILES string of the molecule is OCc1cn(CC2COc3ccccc32)c2ncccc12. The van der Waals surface area contributed by atoms with Crippen LogP contribution in [0.25, 0.3) is 11.0 Å². The summed E-state index contributed by atoms with van der Waals surface area (Å²) in [4.78, 5) is 4.46. The summed E-state index contributed by atoms with van der Waals surface area (Å²) in [7, 11) is 0. The van der Waals surface area contributed by atoms with Crippen molar-refractivity contribution in [2.24, 2.45) is 0 Å². The van der Waals surface area contributed by atoms with E-state index in [4.69, 9.17) is 4.74 Å². The van der Waals surface area contributed by atoms with Crippen molar-refractivity contribution in [2.45, 2.75) is 19.1 Å². The average molecular weight is 280 g/mol. The van der Waals surface area contributed by atoms with Gasteiger partial charge in [0, 0.05) is 41.4 Å². The van der Waals surface area contributed by atoms with Crippen molar-refractivity contribution in [2.75, 3.05) is 6.61 Å². The van der Waals surface area contributed by atoms with Gasteiger partial charge in [-0.1, -0.05) is 18.2 Å². The second kappa shape index (κ2) is 4.90. The molecule has 0 aliphatic carbocycles. The zero-order valence-corrected chi connectivity index (χ0v) is 11.6. The lowest BCUT2D eigenvalue weighted by Gasteiger charge is -2.10. The van der Waals surface area contributed by atoms with Gasteiger partial charge >= 0.3 is 0 Å². The van der Waals surface area contributed by atoms with Gasteiger partial charge in [0.2, 0.25) is 0 Å². The van der Waals surface area contributed by atoms with Crippen LogP contribution in [0.15, 0.2) is 48.8 Å². The van der Waals surface area contributed by atoms with Crippen molar-refractivity contribution in [3.63, 3.8) is 0 Å². The highest BCUT2D eigenvalue weighted by molar-refractivity contribution is 5.80. The Kier molecular flexibility index (Phi) is 2.89. The van der Waals surface area contributed by atoms with Gasteiger partial charge in [0.15, 0.2) is 0 Å². The molecule has 1 unspecified atom stereocenters. The van der Waals surface area contributed by atoms with Crippen LogP contribution in [0.2, 0.25) is 0 Å². The van der Waals surface area contributed by atoms with Crippen molar-refractivity contribution >= 4 is 11.0 Å². The number of hydrogen-bond acceptors (Lipinski definition) is 3. The Balaban J connectivity index is 1.73. The third-order valence-electron chi connectivity index (χ3n) is 4.10. The minimum atomic E-state index is 0.0347. The summed E-state index contributed by atoms with van der Waals surface area (Å²) in [6.45, 7) is 1.54. The number of nitrogens with zero attached hydrogens (tertiary/aromatic N) is 2.